The smallest absolute Gasteiger partial charge is 0.266 e. The van der Waals surface area contributed by atoms with Gasteiger partial charge in [0.25, 0.3) is 5.56 Å². The van der Waals surface area contributed by atoms with Gasteiger partial charge in [0, 0.05) is 12.1 Å². The predicted molar refractivity (Wildman–Crippen MR) is 124 cm³/mol. The molecule has 2 aromatic carbocycles. The van der Waals surface area contributed by atoms with Gasteiger partial charge >= 0.3 is 0 Å². The minimum Gasteiger partial charge on any atom is -0.497 e. The highest BCUT2D eigenvalue weighted by Gasteiger charge is 2.19. The minimum absolute atomic E-state index is 0.0540. The van der Waals surface area contributed by atoms with Crippen molar-refractivity contribution in [1.29, 1.82) is 0 Å². The lowest BCUT2D eigenvalue weighted by atomic mass is 10.1. The number of amides is 1. The molecule has 1 N–H and O–H groups in total. The number of rotatable bonds is 8. The van der Waals surface area contributed by atoms with Gasteiger partial charge in [-0.05, 0) is 37.1 Å². The summed E-state index contributed by atoms with van der Waals surface area (Å²) in [6.07, 6.45) is 0. The van der Waals surface area contributed by atoms with Crippen LogP contribution in [0.1, 0.15) is 20.8 Å². The Bertz CT molecular complexity index is 1140. The van der Waals surface area contributed by atoms with Crippen molar-refractivity contribution in [3.63, 3.8) is 0 Å². The van der Waals surface area contributed by atoms with E-state index >= 15 is 0 Å². The number of carbonyl (C=O) groups is 1. The number of nitrogens with zero attached hydrogens (tertiary/aromatic N) is 2. The van der Waals surface area contributed by atoms with Gasteiger partial charge in [0.05, 0.1) is 36.6 Å². The first-order valence-electron chi connectivity index (χ1n) is 10.0. The van der Waals surface area contributed by atoms with Crippen LogP contribution in [0.25, 0.3) is 16.6 Å². The second-order valence-corrected chi connectivity index (χ2v) is 8.42. The van der Waals surface area contributed by atoms with Crippen molar-refractivity contribution in [2.45, 2.75) is 32.0 Å². The molecule has 1 atom stereocenters. The lowest BCUT2D eigenvalue weighted by Gasteiger charge is -2.18. The zero-order valence-electron chi connectivity index (χ0n) is 18.3. The van der Waals surface area contributed by atoms with Crippen molar-refractivity contribution in [3.8, 4) is 17.2 Å². The number of ether oxygens (including phenoxy) is 2. The molecule has 1 heterocycles. The number of fused-ring (bicyclic) bond motifs is 1. The van der Waals surface area contributed by atoms with E-state index in [4.69, 9.17) is 9.47 Å². The highest BCUT2D eigenvalue weighted by molar-refractivity contribution is 7.99. The molecule has 0 aliphatic carbocycles. The van der Waals surface area contributed by atoms with E-state index in [0.29, 0.717) is 39.2 Å². The van der Waals surface area contributed by atoms with Gasteiger partial charge in [0.15, 0.2) is 5.16 Å². The third-order valence-electron chi connectivity index (χ3n) is 5.09. The van der Waals surface area contributed by atoms with Gasteiger partial charge in [-0.3, -0.25) is 14.2 Å². The van der Waals surface area contributed by atoms with E-state index in [9.17, 15) is 9.59 Å². The summed E-state index contributed by atoms with van der Waals surface area (Å²) in [5.41, 5.74) is 0.836. The average Bonchev–Trinajstić information content (AvgIpc) is 2.77. The van der Waals surface area contributed by atoms with Crippen molar-refractivity contribution in [2.75, 3.05) is 20.0 Å². The van der Waals surface area contributed by atoms with Crippen LogP contribution >= 0.6 is 11.8 Å². The second-order valence-electron chi connectivity index (χ2n) is 7.48. The largest absolute Gasteiger partial charge is 0.497 e. The van der Waals surface area contributed by atoms with Crippen molar-refractivity contribution in [1.82, 2.24) is 14.9 Å². The first-order chi connectivity index (χ1) is 14.8. The highest BCUT2D eigenvalue weighted by Crippen LogP contribution is 2.30. The molecule has 0 aliphatic rings. The summed E-state index contributed by atoms with van der Waals surface area (Å²) in [6.45, 7) is 6.07. The molecule has 0 unspecified atom stereocenters. The predicted octanol–water partition coefficient (Wildman–Crippen LogP) is 3.66. The van der Waals surface area contributed by atoms with Crippen molar-refractivity contribution >= 4 is 28.6 Å². The molecule has 0 saturated carbocycles. The lowest BCUT2D eigenvalue weighted by Crippen LogP contribution is -2.37. The van der Waals surface area contributed by atoms with Crippen LogP contribution in [-0.4, -0.2) is 41.5 Å². The Labute approximate surface area is 185 Å². The van der Waals surface area contributed by atoms with Gasteiger partial charge < -0.3 is 14.8 Å². The number of methoxy groups -OCH3 is 2. The number of aromatic nitrogens is 2. The van der Waals surface area contributed by atoms with E-state index in [0.717, 1.165) is 0 Å². The quantitative estimate of drug-likeness (QED) is 0.424. The van der Waals surface area contributed by atoms with Crippen LogP contribution in [0.4, 0.5) is 0 Å². The average molecular weight is 442 g/mol. The number of nitrogens with one attached hydrogen (secondary N) is 1. The van der Waals surface area contributed by atoms with Gasteiger partial charge in [-0.25, -0.2) is 4.98 Å². The zero-order valence-corrected chi connectivity index (χ0v) is 19.2. The van der Waals surface area contributed by atoms with Crippen LogP contribution in [0, 0.1) is 5.92 Å². The lowest BCUT2D eigenvalue weighted by molar-refractivity contribution is -0.119. The molecule has 0 fully saturated rings. The monoisotopic (exact) mass is 441 g/mol. The van der Waals surface area contributed by atoms with Crippen molar-refractivity contribution in [2.24, 2.45) is 5.92 Å². The number of thioether (sulfide) groups is 1. The fraction of sp³-hybridized carbons (Fsp3) is 0.348. The number of hydrogen-bond acceptors (Lipinski definition) is 6. The van der Waals surface area contributed by atoms with E-state index in [1.54, 1.807) is 50.6 Å². The van der Waals surface area contributed by atoms with E-state index in [1.165, 1.54) is 16.3 Å². The summed E-state index contributed by atoms with van der Waals surface area (Å²) in [4.78, 5) is 30.6. The first kappa shape index (κ1) is 22.7. The fourth-order valence-electron chi connectivity index (χ4n) is 2.99. The Morgan fingerprint density at radius 1 is 1.13 bits per heavy atom. The normalized spacial score (nSPS) is 12.1. The van der Waals surface area contributed by atoms with Crippen LogP contribution in [0.2, 0.25) is 0 Å². The summed E-state index contributed by atoms with van der Waals surface area (Å²) in [6, 6.07) is 12.4. The number of para-hydroxylation sites is 1. The van der Waals surface area contributed by atoms with Gasteiger partial charge in [0.2, 0.25) is 5.91 Å². The maximum absolute atomic E-state index is 13.4. The maximum Gasteiger partial charge on any atom is 0.266 e. The summed E-state index contributed by atoms with van der Waals surface area (Å²) in [7, 11) is 3.10. The Balaban J connectivity index is 2.09. The minimum atomic E-state index is -0.240. The van der Waals surface area contributed by atoms with Crippen LogP contribution in [-0.2, 0) is 4.79 Å². The van der Waals surface area contributed by atoms with Gasteiger partial charge in [-0.1, -0.05) is 37.7 Å². The van der Waals surface area contributed by atoms with E-state index in [-0.39, 0.29) is 23.3 Å². The third-order valence-corrected chi connectivity index (χ3v) is 6.03. The van der Waals surface area contributed by atoms with Crippen LogP contribution in [0.5, 0.6) is 11.5 Å². The van der Waals surface area contributed by atoms with Crippen LogP contribution in [0.15, 0.2) is 52.4 Å². The molecular weight excluding hydrogens is 414 g/mol. The molecule has 31 heavy (non-hydrogen) atoms. The molecule has 1 amide bonds. The molecule has 0 radical (unpaired) electrons. The van der Waals surface area contributed by atoms with Gasteiger partial charge in [0.1, 0.15) is 11.5 Å². The van der Waals surface area contributed by atoms with Gasteiger partial charge in [-0.2, -0.15) is 0 Å². The van der Waals surface area contributed by atoms with Crippen LogP contribution < -0.4 is 20.3 Å². The van der Waals surface area contributed by atoms with E-state index in [2.05, 4.69) is 24.1 Å². The second kappa shape index (κ2) is 9.87. The summed E-state index contributed by atoms with van der Waals surface area (Å²) in [5.74, 6) is 1.42. The molecule has 164 valence electrons. The molecule has 0 saturated heterocycles. The topological polar surface area (TPSA) is 82.4 Å². The number of hydrogen-bond donors (Lipinski definition) is 1. The van der Waals surface area contributed by atoms with Gasteiger partial charge in [-0.15, -0.1) is 0 Å². The molecule has 0 spiro atoms. The summed E-state index contributed by atoms with van der Waals surface area (Å²) >= 11 is 1.21. The maximum atomic E-state index is 13.4. The molecule has 1 aromatic heterocycles. The standard InChI is InChI=1S/C23H27N3O4S/c1-14(2)15(3)24-21(27)13-31-23-25-18-9-7-6-8-17(18)22(28)26(23)19-12-16(29-4)10-11-20(19)30-5/h6-12,14-15H,13H2,1-5H3,(H,24,27)/t15-/m1/s1. The van der Waals surface area contributed by atoms with Crippen molar-refractivity contribution < 1.29 is 14.3 Å². The molecule has 3 rings (SSSR count). The molecule has 7 nitrogen and oxygen atoms in total. The van der Waals surface area contributed by atoms with E-state index < -0.39 is 0 Å². The van der Waals surface area contributed by atoms with Crippen molar-refractivity contribution in [3.05, 3.63) is 52.8 Å². The SMILES string of the molecule is COc1ccc(OC)c(-n2c(SCC(=O)N[C@H](C)C(C)C)nc3ccccc3c2=O)c1. The summed E-state index contributed by atoms with van der Waals surface area (Å²) < 4.78 is 12.3. The molecule has 0 bridgehead atoms. The Hall–Kier alpha value is -3.00. The number of carbonyl (C=O) groups excluding carboxylic acids is 1. The number of benzene rings is 2. The Kier molecular flexibility index (Phi) is 7.22. The third kappa shape index (κ3) is 5.02. The fourth-order valence-corrected chi connectivity index (χ4v) is 3.80. The summed E-state index contributed by atoms with van der Waals surface area (Å²) in [5, 5.41) is 3.87. The molecular formula is C23H27N3O4S. The van der Waals surface area contributed by atoms with E-state index in [1.807, 2.05) is 13.0 Å². The molecule has 8 heteroatoms. The van der Waals surface area contributed by atoms with Crippen LogP contribution in [0.3, 0.4) is 0 Å². The zero-order chi connectivity index (χ0) is 22.5. The highest BCUT2D eigenvalue weighted by atomic mass is 32.2. The Morgan fingerprint density at radius 2 is 1.87 bits per heavy atom. The Morgan fingerprint density at radius 3 is 2.55 bits per heavy atom. The molecule has 0 aliphatic heterocycles. The first-order valence-corrected chi connectivity index (χ1v) is 11.0. The molecule has 3 aromatic rings.